The number of nitrogens with two attached hydrogens (primary N) is 1. The van der Waals surface area contributed by atoms with Gasteiger partial charge in [-0.2, -0.15) is 0 Å². The predicted molar refractivity (Wildman–Crippen MR) is 155 cm³/mol. The zero-order chi connectivity index (χ0) is 28.2. The third kappa shape index (κ3) is 4.10. The minimum atomic E-state index is -0.586. The molecule has 0 radical (unpaired) electrons. The number of pyridine rings is 1. The second-order valence-corrected chi connectivity index (χ2v) is 10.5. The SMILES string of the molecule is COc1ccc2[nH]cc(CCNC(=O)c3cn4c5c(c(N6CCC(N)C6)c(F)cc5c3=O)Oc3ccccc3-4)c2c1. The quantitative estimate of drug-likeness (QED) is 0.284. The van der Waals surface area contributed by atoms with Gasteiger partial charge in [0.25, 0.3) is 5.91 Å². The predicted octanol–water partition coefficient (Wildman–Crippen LogP) is 4.24. The molecule has 9 nitrogen and oxygen atoms in total. The Bertz CT molecular complexity index is 1910. The van der Waals surface area contributed by atoms with Crippen molar-refractivity contribution in [1.29, 1.82) is 0 Å². The zero-order valence-electron chi connectivity index (χ0n) is 22.4. The highest BCUT2D eigenvalue weighted by Crippen LogP contribution is 2.47. The number of carbonyl (C=O) groups is 1. The van der Waals surface area contributed by atoms with Crippen molar-refractivity contribution in [2.24, 2.45) is 5.73 Å². The van der Waals surface area contributed by atoms with Crippen LogP contribution in [0.15, 0.2) is 65.7 Å². The van der Waals surface area contributed by atoms with Crippen LogP contribution in [0.3, 0.4) is 0 Å². The van der Waals surface area contributed by atoms with E-state index in [4.69, 9.17) is 15.2 Å². The minimum Gasteiger partial charge on any atom is -0.497 e. The smallest absolute Gasteiger partial charge is 0.256 e. The van der Waals surface area contributed by atoms with Gasteiger partial charge in [-0.15, -0.1) is 0 Å². The molecule has 0 spiro atoms. The summed E-state index contributed by atoms with van der Waals surface area (Å²) in [4.78, 5) is 32.1. The van der Waals surface area contributed by atoms with Crippen LogP contribution >= 0.6 is 0 Å². The zero-order valence-corrected chi connectivity index (χ0v) is 22.4. The highest BCUT2D eigenvalue weighted by molar-refractivity contribution is 6.01. The standard InChI is InChI=1S/C31H28FN5O4/c1-40-19-6-7-24-20(12-19)17(14-35-24)8-10-34-31(39)22-16-37-25-4-2-3-5-26(25)41-30-27(37)21(29(22)38)13-23(32)28(30)36-11-9-18(33)15-36/h2-7,12-14,16,18,35H,8-11,15,33H2,1H3,(H,34,39). The molecule has 2 aliphatic heterocycles. The molecule has 1 saturated heterocycles. The summed E-state index contributed by atoms with van der Waals surface area (Å²) >= 11 is 0. The third-order valence-corrected chi connectivity index (χ3v) is 7.95. The number of ether oxygens (including phenoxy) is 2. The summed E-state index contributed by atoms with van der Waals surface area (Å²) in [6.45, 7) is 1.36. The lowest BCUT2D eigenvalue weighted by Crippen LogP contribution is -2.32. The molecule has 4 N–H and O–H groups in total. The molecular formula is C31H28FN5O4. The van der Waals surface area contributed by atoms with Gasteiger partial charge in [-0.3, -0.25) is 9.59 Å². The molecule has 3 aromatic carbocycles. The lowest BCUT2D eigenvalue weighted by atomic mass is 10.1. The van der Waals surface area contributed by atoms with E-state index < -0.39 is 17.2 Å². The molecule has 0 bridgehead atoms. The molecule has 2 aromatic heterocycles. The van der Waals surface area contributed by atoms with Crippen LogP contribution in [0.25, 0.3) is 27.5 Å². The van der Waals surface area contributed by atoms with Gasteiger partial charge in [-0.05, 0) is 54.8 Å². The molecule has 10 heteroatoms. The van der Waals surface area contributed by atoms with Gasteiger partial charge in [0.1, 0.15) is 22.5 Å². The first-order valence-electron chi connectivity index (χ1n) is 13.5. The average molecular weight is 554 g/mol. The van der Waals surface area contributed by atoms with Crippen molar-refractivity contribution in [3.63, 3.8) is 0 Å². The molecule has 4 heterocycles. The first-order valence-corrected chi connectivity index (χ1v) is 13.5. The van der Waals surface area contributed by atoms with E-state index >= 15 is 4.39 Å². The normalized spacial score (nSPS) is 15.7. The van der Waals surface area contributed by atoms with Crippen molar-refractivity contribution in [3.8, 4) is 22.9 Å². The van der Waals surface area contributed by atoms with Crippen LogP contribution in [0.1, 0.15) is 22.3 Å². The Morgan fingerprint density at radius 3 is 2.88 bits per heavy atom. The van der Waals surface area contributed by atoms with Gasteiger partial charge in [-0.1, -0.05) is 12.1 Å². The van der Waals surface area contributed by atoms with Crippen LogP contribution in [0.2, 0.25) is 0 Å². The molecule has 0 saturated carbocycles. The van der Waals surface area contributed by atoms with Crippen molar-refractivity contribution in [3.05, 3.63) is 88.1 Å². The number of nitrogens with zero attached hydrogens (tertiary/aromatic N) is 2. The van der Waals surface area contributed by atoms with Crippen molar-refractivity contribution < 1.29 is 18.7 Å². The summed E-state index contributed by atoms with van der Waals surface area (Å²) in [5.74, 6) is 0.385. The number of aromatic amines is 1. The second-order valence-electron chi connectivity index (χ2n) is 10.5. The number of amides is 1. The number of para-hydroxylation sites is 2. The third-order valence-electron chi connectivity index (χ3n) is 7.95. The molecular weight excluding hydrogens is 525 g/mol. The van der Waals surface area contributed by atoms with E-state index in [0.717, 1.165) is 28.6 Å². The monoisotopic (exact) mass is 553 g/mol. The molecule has 2 aliphatic rings. The van der Waals surface area contributed by atoms with Gasteiger partial charge in [-0.25, -0.2) is 4.39 Å². The molecule has 1 atom stereocenters. The minimum absolute atomic E-state index is 0.0731. The molecule has 41 heavy (non-hydrogen) atoms. The lowest BCUT2D eigenvalue weighted by Gasteiger charge is -2.29. The van der Waals surface area contributed by atoms with E-state index in [1.165, 1.54) is 12.3 Å². The molecule has 1 fully saturated rings. The number of H-pyrrole nitrogens is 1. The molecule has 0 aliphatic carbocycles. The van der Waals surface area contributed by atoms with Crippen LogP contribution < -0.4 is 30.9 Å². The summed E-state index contributed by atoms with van der Waals surface area (Å²) < 4.78 is 29.0. The summed E-state index contributed by atoms with van der Waals surface area (Å²) in [7, 11) is 1.62. The number of hydrogen-bond acceptors (Lipinski definition) is 6. The van der Waals surface area contributed by atoms with Crippen LogP contribution in [-0.4, -0.2) is 48.2 Å². The Hall–Kier alpha value is -4.83. The Morgan fingerprint density at radius 2 is 2.07 bits per heavy atom. The first kappa shape index (κ1) is 25.2. The second kappa shape index (κ2) is 9.67. The lowest BCUT2D eigenvalue weighted by molar-refractivity contribution is 0.0952. The van der Waals surface area contributed by atoms with E-state index in [1.807, 2.05) is 47.5 Å². The molecule has 1 unspecified atom stereocenters. The number of nitrogens with one attached hydrogen (secondary N) is 2. The van der Waals surface area contributed by atoms with Crippen molar-refractivity contribution in [2.45, 2.75) is 18.9 Å². The Labute approximate surface area is 234 Å². The molecule has 5 aromatic rings. The molecule has 1 amide bonds. The maximum atomic E-state index is 15.7. The summed E-state index contributed by atoms with van der Waals surface area (Å²) in [5.41, 5.74) is 8.82. The number of halogens is 1. The summed E-state index contributed by atoms with van der Waals surface area (Å²) in [6.07, 6.45) is 4.69. The van der Waals surface area contributed by atoms with E-state index in [9.17, 15) is 9.59 Å². The maximum absolute atomic E-state index is 15.7. The van der Waals surface area contributed by atoms with Gasteiger partial charge in [0, 0.05) is 49.0 Å². The number of aromatic nitrogens is 2. The number of benzene rings is 3. The number of carbonyl (C=O) groups excluding carboxylic acids is 1. The topological polar surface area (TPSA) is 115 Å². The highest BCUT2D eigenvalue weighted by atomic mass is 19.1. The Morgan fingerprint density at radius 1 is 1.22 bits per heavy atom. The average Bonchev–Trinajstić information content (AvgIpc) is 3.59. The van der Waals surface area contributed by atoms with E-state index in [2.05, 4.69) is 10.3 Å². The van der Waals surface area contributed by atoms with E-state index in [1.54, 1.807) is 17.7 Å². The molecule has 208 valence electrons. The largest absolute Gasteiger partial charge is 0.497 e. The van der Waals surface area contributed by atoms with Gasteiger partial charge < -0.3 is 35.0 Å². The maximum Gasteiger partial charge on any atom is 0.256 e. The Balaban J connectivity index is 1.26. The van der Waals surface area contributed by atoms with E-state index in [0.29, 0.717) is 43.0 Å². The molecule has 7 rings (SSSR count). The van der Waals surface area contributed by atoms with Gasteiger partial charge in [0.15, 0.2) is 17.3 Å². The number of hydrogen-bond donors (Lipinski definition) is 3. The number of anilines is 1. The fourth-order valence-electron chi connectivity index (χ4n) is 5.90. The number of rotatable bonds is 6. The van der Waals surface area contributed by atoms with Crippen LogP contribution in [0.4, 0.5) is 10.1 Å². The Kier molecular flexibility index (Phi) is 5.93. The summed E-state index contributed by atoms with van der Waals surface area (Å²) in [5, 5.41) is 3.96. The van der Waals surface area contributed by atoms with Crippen molar-refractivity contribution in [2.75, 3.05) is 31.6 Å². The van der Waals surface area contributed by atoms with Gasteiger partial charge in [0.05, 0.1) is 18.2 Å². The fourth-order valence-corrected chi connectivity index (χ4v) is 5.90. The van der Waals surface area contributed by atoms with Crippen molar-refractivity contribution >= 4 is 33.4 Å². The van der Waals surface area contributed by atoms with Gasteiger partial charge in [0.2, 0.25) is 5.43 Å². The van der Waals surface area contributed by atoms with Gasteiger partial charge >= 0.3 is 0 Å². The van der Waals surface area contributed by atoms with Crippen molar-refractivity contribution in [1.82, 2.24) is 14.9 Å². The summed E-state index contributed by atoms with van der Waals surface area (Å²) in [6, 6.07) is 14.2. The van der Waals surface area contributed by atoms with Crippen LogP contribution in [0, 0.1) is 5.82 Å². The number of methoxy groups -OCH3 is 1. The highest BCUT2D eigenvalue weighted by Gasteiger charge is 2.32. The van der Waals surface area contributed by atoms with Crippen LogP contribution in [-0.2, 0) is 6.42 Å². The van der Waals surface area contributed by atoms with E-state index in [-0.39, 0.29) is 28.4 Å². The van der Waals surface area contributed by atoms with Crippen LogP contribution in [0.5, 0.6) is 17.2 Å². The first-order chi connectivity index (χ1) is 19.9. The fraction of sp³-hybridized carbons (Fsp3) is 0.226. The number of fused-ring (bicyclic) bond motifs is 3.